The van der Waals surface area contributed by atoms with Crippen LogP contribution in [-0.2, 0) is 18.4 Å². The lowest BCUT2D eigenvalue weighted by molar-refractivity contribution is 0.0282. The molecule has 0 bridgehead atoms. The minimum absolute atomic E-state index is 0.258. The maximum atomic E-state index is 9.70. The summed E-state index contributed by atoms with van der Waals surface area (Å²) >= 11 is 0. The summed E-state index contributed by atoms with van der Waals surface area (Å²) in [6.45, 7) is 1.05. The molecule has 6 heteroatoms. The molecule has 0 aliphatic heterocycles. The van der Waals surface area contributed by atoms with E-state index in [0.717, 1.165) is 11.4 Å². The Balaban J connectivity index is 1.61. The smallest absolute Gasteiger partial charge is 0.129 e. The van der Waals surface area contributed by atoms with Crippen molar-refractivity contribution in [2.45, 2.75) is 12.7 Å². The summed E-state index contributed by atoms with van der Waals surface area (Å²) in [5.41, 5.74) is 0.877. The number of rotatable bonds is 7. The molecule has 2 aromatic rings. The van der Waals surface area contributed by atoms with Gasteiger partial charge in [0.25, 0.3) is 0 Å². The predicted octanol–water partition coefficient (Wildman–Crippen LogP) is 1.00. The summed E-state index contributed by atoms with van der Waals surface area (Å²) in [6, 6.07) is 3.64. The molecule has 98 valence electrons. The van der Waals surface area contributed by atoms with Crippen LogP contribution < -0.4 is 5.32 Å². The van der Waals surface area contributed by atoms with Crippen molar-refractivity contribution in [3.63, 3.8) is 0 Å². The fourth-order valence-electron chi connectivity index (χ4n) is 1.50. The van der Waals surface area contributed by atoms with E-state index in [1.54, 1.807) is 23.2 Å². The highest BCUT2D eigenvalue weighted by molar-refractivity contribution is 5.37. The molecule has 1 atom stereocenters. The van der Waals surface area contributed by atoms with E-state index in [-0.39, 0.29) is 6.61 Å². The summed E-state index contributed by atoms with van der Waals surface area (Å²) in [7, 11) is 1.84. The maximum Gasteiger partial charge on any atom is 0.129 e. The minimum atomic E-state index is -0.569. The molecule has 2 N–H and O–H groups in total. The summed E-state index contributed by atoms with van der Waals surface area (Å²) in [5, 5.41) is 16.8. The van der Waals surface area contributed by atoms with E-state index in [1.165, 1.54) is 0 Å². The molecule has 0 aromatic carbocycles. The molecule has 2 heterocycles. The monoisotopic (exact) mass is 251 g/mol. The topological polar surface area (TPSA) is 72.5 Å². The maximum absolute atomic E-state index is 9.70. The summed E-state index contributed by atoms with van der Waals surface area (Å²) in [4.78, 5) is 0. The molecule has 0 amide bonds. The average molecular weight is 251 g/mol. The van der Waals surface area contributed by atoms with Gasteiger partial charge in [-0.3, -0.25) is 4.68 Å². The highest BCUT2D eigenvalue weighted by atomic mass is 16.5. The third kappa shape index (κ3) is 3.90. The zero-order valence-corrected chi connectivity index (χ0v) is 10.2. The highest BCUT2D eigenvalue weighted by Gasteiger charge is 2.05. The van der Waals surface area contributed by atoms with Crippen molar-refractivity contribution < 1.29 is 14.3 Å². The number of aryl methyl sites for hydroxylation is 1. The molecule has 0 fully saturated rings. The van der Waals surface area contributed by atoms with Crippen LogP contribution in [0.25, 0.3) is 0 Å². The lowest BCUT2D eigenvalue weighted by Crippen LogP contribution is -2.24. The number of hydrogen-bond acceptors (Lipinski definition) is 5. The summed E-state index contributed by atoms with van der Waals surface area (Å²) in [5.74, 6) is 0.752. The molecular weight excluding hydrogens is 234 g/mol. The average Bonchev–Trinajstić information content (AvgIpc) is 2.98. The molecule has 0 saturated carbocycles. The molecular formula is C12H17N3O3. The lowest BCUT2D eigenvalue weighted by Gasteiger charge is -2.11. The standard InChI is InChI=1S/C12H17N3O3/c1-15-7-10(5-14-15)13-6-11(16)8-17-9-12-3-2-4-18-12/h2-5,7,11,13,16H,6,8-9H2,1H3. The highest BCUT2D eigenvalue weighted by Crippen LogP contribution is 2.04. The normalized spacial score (nSPS) is 12.6. The van der Waals surface area contributed by atoms with Gasteiger partial charge >= 0.3 is 0 Å². The van der Waals surface area contributed by atoms with Crippen LogP contribution in [0, 0.1) is 0 Å². The predicted molar refractivity (Wildman–Crippen MR) is 66.1 cm³/mol. The van der Waals surface area contributed by atoms with Crippen LogP contribution in [0.3, 0.4) is 0 Å². The number of aliphatic hydroxyl groups excluding tert-OH is 1. The number of aliphatic hydroxyl groups is 1. The summed E-state index contributed by atoms with van der Waals surface area (Å²) in [6.07, 6.45) is 4.58. The first kappa shape index (κ1) is 12.7. The number of hydrogen-bond donors (Lipinski definition) is 2. The first-order chi connectivity index (χ1) is 8.74. The van der Waals surface area contributed by atoms with Crippen molar-refractivity contribution in [2.75, 3.05) is 18.5 Å². The molecule has 0 radical (unpaired) electrons. The number of aromatic nitrogens is 2. The van der Waals surface area contributed by atoms with Gasteiger partial charge in [-0.2, -0.15) is 5.10 Å². The molecule has 2 rings (SSSR count). The second-order valence-corrected chi connectivity index (χ2v) is 4.03. The number of ether oxygens (including phenoxy) is 1. The Hall–Kier alpha value is -1.79. The quantitative estimate of drug-likeness (QED) is 0.768. The van der Waals surface area contributed by atoms with E-state index in [9.17, 15) is 5.11 Å². The Morgan fingerprint density at radius 1 is 1.61 bits per heavy atom. The minimum Gasteiger partial charge on any atom is -0.467 e. The van der Waals surface area contributed by atoms with Gasteiger partial charge in [-0.25, -0.2) is 0 Å². The van der Waals surface area contributed by atoms with E-state index < -0.39 is 6.10 Å². The number of anilines is 1. The number of nitrogens with one attached hydrogen (secondary N) is 1. The van der Waals surface area contributed by atoms with E-state index in [2.05, 4.69) is 10.4 Å². The van der Waals surface area contributed by atoms with Gasteiger partial charge in [-0.1, -0.05) is 0 Å². The van der Waals surface area contributed by atoms with E-state index in [1.807, 2.05) is 19.3 Å². The Kier molecular flexibility index (Phi) is 4.38. The fraction of sp³-hybridized carbons (Fsp3) is 0.417. The molecule has 6 nitrogen and oxygen atoms in total. The van der Waals surface area contributed by atoms with Crippen molar-refractivity contribution >= 4 is 5.69 Å². The summed E-state index contributed by atoms with van der Waals surface area (Å²) < 4.78 is 12.1. The molecule has 0 saturated heterocycles. The van der Waals surface area contributed by atoms with Gasteiger partial charge in [0.1, 0.15) is 12.4 Å². The van der Waals surface area contributed by atoms with Gasteiger partial charge in [0.05, 0.1) is 30.9 Å². The zero-order chi connectivity index (χ0) is 12.8. The van der Waals surface area contributed by atoms with Crippen LogP contribution >= 0.6 is 0 Å². The Morgan fingerprint density at radius 2 is 2.50 bits per heavy atom. The van der Waals surface area contributed by atoms with Crippen LogP contribution in [-0.4, -0.2) is 34.1 Å². The van der Waals surface area contributed by atoms with Crippen LogP contribution in [0.5, 0.6) is 0 Å². The van der Waals surface area contributed by atoms with E-state index in [4.69, 9.17) is 9.15 Å². The molecule has 2 aromatic heterocycles. The van der Waals surface area contributed by atoms with Crippen LogP contribution in [0.1, 0.15) is 5.76 Å². The fourth-order valence-corrected chi connectivity index (χ4v) is 1.50. The van der Waals surface area contributed by atoms with Crippen molar-refractivity contribution in [3.05, 3.63) is 36.5 Å². The van der Waals surface area contributed by atoms with Gasteiger partial charge < -0.3 is 19.6 Å². The van der Waals surface area contributed by atoms with Gasteiger partial charge in [0.2, 0.25) is 0 Å². The third-order valence-corrected chi connectivity index (χ3v) is 2.38. The lowest BCUT2D eigenvalue weighted by atomic mass is 10.3. The second kappa shape index (κ2) is 6.23. The largest absolute Gasteiger partial charge is 0.467 e. The van der Waals surface area contributed by atoms with Crippen molar-refractivity contribution in [3.8, 4) is 0 Å². The number of nitrogens with zero attached hydrogens (tertiary/aromatic N) is 2. The van der Waals surface area contributed by atoms with Gasteiger partial charge in [0, 0.05) is 19.8 Å². The van der Waals surface area contributed by atoms with E-state index in [0.29, 0.717) is 13.2 Å². The molecule has 0 aliphatic rings. The van der Waals surface area contributed by atoms with Crippen LogP contribution in [0.2, 0.25) is 0 Å². The van der Waals surface area contributed by atoms with Gasteiger partial charge in [0.15, 0.2) is 0 Å². The Morgan fingerprint density at radius 3 is 3.17 bits per heavy atom. The number of furan rings is 1. The zero-order valence-electron chi connectivity index (χ0n) is 10.2. The Bertz CT molecular complexity index is 453. The van der Waals surface area contributed by atoms with Crippen molar-refractivity contribution in [2.24, 2.45) is 7.05 Å². The van der Waals surface area contributed by atoms with Gasteiger partial charge in [-0.05, 0) is 12.1 Å². The van der Waals surface area contributed by atoms with Crippen molar-refractivity contribution in [1.29, 1.82) is 0 Å². The van der Waals surface area contributed by atoms with E-state index >= 15 is 0 Å². The van der Waals surface area contributed by atoms with Crippen LogP contribution in [0.4, 0.5) is 5.69 Å². The first-order valence-electron chi connectivity index (χ1n) is 5.75. The van der Waals surface area contributed by atoms with Crippen LogP contribution in [0.15, 0.2) is 35.2 Å². The SMILES string of the molecule is Cn1cc(NCC(O)COCc2ccco2)cn1. The molecule has 1 unspecified atom stereocenters. The molecule has 0 spiro atoms. The first-order valence-corrected chi connectivity index (χ1v) is 5.75. The molecule has 0 aliphatic carbocycles. The van der Waals surface area contributed by atoms with Gasteiger partial charge in [-0.15, -0.1) is 0 Å². The third-order valence-electron chi connectivity index (χ3n) is 2.38. The molecule has 18 heavy (non-hydrogen) atoms. The Labute approximate surface area is 105 Å². The van der Waals surface area contributed by atoms with Crippen molar-refractivity contribution in [1.82, 2.24) is 9.78 Å². The second-order valence-electron chi connectivity index (χ2n) is 4.03.